The summed E-state index contributed by atoms with van der Waals surface area (Å²) in [6.45, 7) is 7.62. The first-order chi connectivity index (χ1) is 7.54. The lowest BCUT2D eigenvalue weighted by molar-refractivity contribution is -0.135. The van der Waals surface area contributed by atoms with Gasteiger partial charge in [-0.2, -0.15) is 5.10 Å². The van der Waals surface area contributed by atoms with Crippen molar-refractivity contribution in [3.05, 3.63) is 10.6 Å². The van der Waals surface area contributed by atoms with Crippen molar-refractivity contribution in [2.24, 2.45) is 5.10 Å². The molecule has 0 spiro atoms. The third-order valence-corrected chi connectivity index (χ3v) is 2.90. The fourth-order valence-corrected chi connectivity index (χ4v) is 1.69. The van der Waals surface area contributed by atoms with Crippen LogP contribution in [-0.4, -0.2) is 23.3 Å². The SMILES string of the molecule is CCOC(=O)/C(C)=N/Nc1nc(C)c(C)s1. The minimum atomic E-state index is -0.417. The van der Waals surface area contributed by atoms with Gasteiger partial charge in [-0.05, 0) is 27.7 Å². The lowest BCUT2D eigenvalue weighted by Gasteiger charge is -2.00. The Kier molecular flexibility index (Phi) is 4.42. The number of nitrogens with zero attached hydrogens (tertiary/aromatic N) is 2. The molecule has 1 N–H and O–H groups in total. The number of aromatic nitrogens is 1. The smallest absolute Gasteiger partial charge is 0.354 e. The summed E-state index contributed by atoms with van der Waals surface area (Å²) in [5.41, 5.74) is 3.99. The Balaban J connectivity index is 2.62. The average molecular weight is 241 g/mol. The minimum Gasteiger partial charge on any atom is -0.461 e. The Hall–Kier alpha value is -1.43. The molecule has 0 bridgehead atoms. The van der Waals surface area contributed by atoms with E-state index in [2.05, 4.69) is 15.5 Å². The minimum absolute atomic E-state index is 0.285. The highest BCUT2D eigenvalue weighted by molar-refractivity contribution is 7.15. The summed E-state index contributed by atoms with van der Waals surface area (Å²) in [5.74, 6) is -0.417. The molecule has 1 aromatic rings. The van der Waals surface area contributed by atoms with Crippen molar-refractivity contribution in [2.75, 3.05) is 12.0 Å². The maximum Gasteiger partial charge on any atom is 0.354 e. The van der Waals surface area contributed by atoms with Crippen LogP contribution in [0.1, 0.15) is 24.4 Å². The van der Waals surface area contributed by atoms with Crippen LogP contribution in [0.3, 0.4) is 0 Å². The Morgan fingerprint density at radius 1 is 1.56 bits per heavy atom. The van der Waals surface area contributed by atoms with Crippen LogP contribution in [-0.2, 0) is 9.53 Å². The predicted octanol–water partition coefficient (Wildman–Crippen LogP) is 2.11. The maximum atomic E-state index is 11.2. The van der Waals surface area contributed by atoms with Gasteiger partial charge in [0.1, 0.15) is 5.71 Å². The van der Waals surface area contributed by atoms with Gasteiger partial charge in [0.15, 0.2) is 0 Å². The van der Waals surface area contributed by atoms with Gasteiger partial charge in [0.2, 0.25) is 5.13 Å². The van der Waals surface area contributed by atoms with Crippen LogP contribution in [0.25, 0.3) is 0 Å². The summed E-state index contributed by atoms with van der Waals surface area (Å²) in [6, 6.07) is 0. The van der Waals surface area contributed by atoms with Crippen LogP contribution >= 0.6 is 11.3 Å². The van der Waals surface area contributed by atoms with E-state index in [9.17, 15) is 4.79 Å². The lowest BCUT2D eigenvalue weighted by Crippen LogP contribution is -2.15. The van der Waals surface area contributed by atoms with E-state index in [1.807, 2.05) is 13.8 Å². The fourth-order valence-electron chi connectivity index (χ4n) is 0.933. The summed E-state index contributed by atoms with van der Waals surface area (Å²) >= 11 is 1.50. The summed E-state index contributed by atoms with van der Waals surface area (Å²) in [5, 5.41) is 4.59. The number of hydrogen-bond donors (Lipinski definition) is 1. The number of thiazole rings is 1. The Morgan fingerprint density at radius 2 is 2.25 bits per heavy atom. The molecular weight excluding hydrogens is 226 g/mol. The maximum absolute atomic E-state index is 11.2. The van der Waals surface area contributed by atoms with E-state index in [1.165, 1.54) is 11.3 Å². The molecule has 16 heavy (non-hydrogen) atoms. The molecule has 0 aromatic carbocycles. The highest BCUT2D eigenvalue weighted by Crippen LogP contribution is 2.20. The molecule has 1 heterocycles. The number of hydrazone groups is 1. The van der Waals surface area contributed by atoms with Crippen molar-refractivity contribution in [1.82, 2.24) is 4.98 Å². The van der Waals surface area contributed by atoms with E-state index in [1.54, 1.807) is 13.8 Å². The third kappa shape index (κ3) is 3.30. The Labute approximate surface area is 98.5 Å². The number of esters is 1. The van der Waals surface area contributed by atoms with E-state index in [-0.39, 0.29) is 5.71 Å². The van der Waals surface area contributed by atoms with Crippen molar-refractivity contribution in [3.8, 4) is 0 Å². The van der Waals surface area contributed by atoms with Crippen LogP contribution in [0.2, 0.25) is 0 Å². The number of hydrogen-bond acceptors (Lipinski definition) is 6. The number of anilines is 1. The molecule has 0 unspecified atom stereocenters. The van der Waals surface area contributed by atoms with Crippen LogP contribution in [0.15, 0.2) is 5.10 Å². The van der Waals surface area contributed by atoms with E-state index >= 15 is 0 Å². The molecule has 0 saturated carbocycles. The number of rotatable bonds is 4. The van der Waals surface area contributed by atoms with Crippen LogP contribution < -0.4 is 5.43 Å². The molecule has 5 nitrogen and oxygen atoms in total. The van der Waals surface area contributed by atoms with Gasteiger partial charge in [-0.3, -0.25) is 5.43 Å². The molecule has 1 aromatic heterocycles. The van der Waals surface area contributed by atoms with Crippen molar-refractivity contribution >= 4 is 28.1 Å². The average Bonchev–Trinajstić information content (AvgIpc) is 2.55. The number of aryl methyl sites for hydroxylation is 2. The molecule has 0 amide bonds. The third-order valence-electron chi connectivity index (χ3n) is 1.92. The number of carbonyl (C=O) groups is 1. The van der Waals surface area contributed by atoms with Gasteiger partial charge in [0, 0.05) is 4.88 Å². The molecule has 0 saturated heterocycles. The monoisotopic (exact) mass is 241 g/mol. The zero-order chi connectivity index (χ0) is 12.1. The second kappa shape index (κ2) is 5.60. The van der Waals surface area contributed by atoms with Gasteiger partial charge in [-0.25, -0.2) is 9.78 Å². The topological polar surface area (TPSA) is 63.6 Å². The number of ether oxygens (including phenoxy) is 1. The summed E-state index contributed by atoms with van der Waals surface area (Å²) in [6.07, 6.45) is 0. The van der Waals surface area contributed by atoms with Gasteiger partial charge < -0.3 is 4.74 Å². The van der Waals surface area contributed by atoms with Gasteiger partial charge in [0.25, 0.3) is 0 Å². The largest absolute Gasteiger partial charge is 0.461 e. The zero-order valence-electron chi connectivity index (χ0n) is 9.83. The van der Waals surface area contributed by atoms with Crippen molar-refractivity contribution in [1.29, 1.82) is 0 Å². The molecule has 0 aliphatic rings. The first-order valence-corrected chi connectivity index (χ1v) is 5.77. The van der Waals surface area contributed by atoms with Crippen molar-refractivity contribution < 1.29 is 9.53 Å². The highest BCUT2D eigenvalue weighted by atomic mass is 32.1. The number of nitrogens with one attached hydrogen (secondary N) is 1. The highest BCUT2D eigenvalue weighted by Gasteiger charge is 2.07. The van der Waals surface area contributed by atoms with Crippen molar-refractivity contribution in [2.45, 2.75) is 27.7 Å². The molecule has 1 rings (SSSR count). The predicted molar refractivity (Wildman–Crippen MR) is 65.0 cm³/mol. The van der Waals surface area contributed by atoms with Crippen LogP contribution in [0.5, 0.6) is 0 Å². The fraction of sp³-hybridized carbons (Fsp3) is 0.500. The molecule has 0 atom stereocenters. The van der Waals surface area contributed by atoms with Gasteiger partial charge in [0.05, 0.1) is 12.3 Å². The van der Waals surface area contributed by atoms with E-state index < -0.39 is 5.97 Å². The number of carbonyl (C=O) groups excluding carboxylic acids is 1. The molecular formula is C10H15N3O2S. The lowest BCUT2D eigenvalue weighted by atomic mass is 10.4. The quantitative estimate of drug-likeness (QED) is 0.498. The Bertz CT molecular complexity index is 393. The van der Waals surface area contributed by atoms with E-state index in [0.29, 0.717) is 11.7 Å². The van der Waals surface area contributed by atoms with E-state index in [0.717, 1.165) is 10.6 Å². The second-order valence-electron chi connectivity index (χ2n) is 3.19. The second-order valence-corrected chi connectivity index (χ2v) is 4.39. The van der Waals surface area contributed by atoms with Crippen LogP contribution in [0.4, 0.5) is 5.13 Å². The van der Waals surface area contributed by atoms with Gasteiger partial charge >= 0.3 is 5.97 Å². The Morgan fingerprint density at radius 3 is 2.75 bits per heavy atom. The van der Waals surface area contributed by atoms with Crippen LogP contribution in [0, 0.1) is 13.8 Å². The molecule has 0 aliphatic heterocycles. The molecule has 6 heteroatoms. The summed E-state index contributed by atoms with van der Waals surface area (Å²) < 4.78 is 4.79. The van der Waals surface area contributed by atoms with Gasteiger partial charge in [-0.1, -0.05) is 0 Å². The van der Waals surface area contributed by atoms with E-state index in [4.69, 9.17) is 4.74 Å². The standard InChI is InChI=1S/C10H15N3O2S/c1-5-15-9(14)7(3)12-13-10-11-6(2)8(4)16-10/h5H2,1-4H3,(H,11,13)/b12-7+. The zero-order valence-corrected chi connectivity index (χ0v) is 10.6. The summed E-state index contributed by atoms with van der Waals surface area (Å²) in [4.78, 5) is 16.6. The first kappa shape index (κ1) is 12.6. The molecule has 88 valence electrons. The van der Waals surface area contributed by atoms with Gasteiger partial charge in [-0.15, -0.1) is 11.3 Å². The normalized spacial score (nSPS) is 11.4. The summed E-state index contributed by atoms with van der Waals surface area (Å²) in [7, 11) is 0. The molecule has 0 aliphatic carbocycles. The first-order valence-electron chi connectivity index (χ1n) is 4.96. The molecule has 0 radical (unpaired) electrons. The van der Waals surface area contributed by atoms with Crippen molar-refractivity contribution in [3.63, 3.8) is 0 Å². The molecule has 0 fully saturated rings.